The van der Waals surface area contributed by atoms with Crippen LogP contribution >= 0.6 is 0 Å². The van der Waals surface area contributed by atoms with Gasteiger partial charge in [-0.3, -0.25) is 9.59 Å². The van der Waals surface area contributed by atoms with Gasteiger partial charge in [-0.25, -0.2) is 0 Å². The van der Waals surface area contributed by atoms with Crippen LogP contribution in [0, 0.1) is 5.92 Å². The Morgan fingerprint density at radius 3 is 2.71 bits per heavy atom. The summed E-state index contributed by atoms with van der Waals surface area (Å²) in [4.78, 5) is 25.9. The van der Waals surface area contributed by atoms with Crippen molar-refractivity contribution in [1.82, 2.24) is 4.90 Å². The molecule has 112 valence electrons. The lowest BCUT2D eigenvalue weighted by Gasteiger charge is -2.19. The van der Waals surface area contributed by atoms with Crippen molar-refractivity contribution in [3.63, 3.8) is 0 Å². The molecule has 1 amide bonds. The van der Waals surface area contributed by atoms with E-state index in [1.807, 2.05) is 12.1 Å². The van der Waals surface area contributed by atoms with Crippen molar-refractivity contribution in [2.75, 3.05) is 20.2 Å². The number of aryl methyl sites for hydroxylation is 2. The molecule has 0 radical (unpaired) electrons. The Balaban J connectivity index is 1.72. The Hall–Kier alpha value is -1.84. The molecule has 0 saturated carbocycles. The van der Waals surface area contributed by atoms with Crippen LogP contribution in [0.1, 0.15) is 40.7 Å². The standard InChI is InChI=1S/C17H21NO3/c1-21-17(20)15-8-9-18(11-15)16(19)14-7-6-12-4-2-3-5-13(12)10-14/h6-7,10,15H,2-5,8-9,11H2,1H3. The van der Waals surface area contributed by atoms with Crippen molar-refractivity contribution in [3.8, 4) is 0 Å². The molecule has 0 aromatic heterocycles. The average molecular weight is 287 g/mol. The number of benzene rings is 1. The van der Waals surface area contributed by atoms with Crippen LogP contribution in [0.15, 0.2) is 18.2 Å². The molecule has 4 heteroatoms. The fraction of sp³-hybridized carbons (Fsp3) is 0.529. The smallest absolute Gasteiger partial charge is 0.310 e. The van der Waals surface area contributed by atoms with E-state index >= 15 is 0 Å². The van der Waals surface area contributed by atoms with Gasteiger partial charge in [-0.2, -0.15) is 0 Å². The monoisotopic (exact) mass is 287 g/mol. The average Bonchev–Trinajstić information content (AvgIpc) is 3.03. The second-order valence-electron chi connectivity index (χ2n) is 5.95. The van der Waals surface area contributed by atoms with Gasteiger partial charge in [0.2, 0.25) is 0 Å². The number of rotatable bonds is 2. The first-order valence-electron chi connectivity index (χ1n) is 7.68. The zero-order chi connectivity index (χ0) is 14.8. The second kappa shape index (κ2) is 5.88. The number of fused-ring (bicyclic) bond motifs is 1. The van der Waals surface area contributed by atoms with Crippen LogP contribution in [-0.4, -0.2) is 37.0 Å². The molecule has 2 aliphatic rings. The highest BCUT2D eigenvalue weighted by Crippen LogP contribution is 2.24. The van der Waals surface area contributed by atoms with Crippen LogP contribution in [0.2, 0.25) is 0 Å². The number of carbonyl (C=O) groups excluding carboxylic acids is 2. The van der Waals surface area contributed by atoms with Crippen molar-refractivity contribution >= 4 is 11.9 Å². The molecule has 21 heavy (non-hydrogen) atoms. The Kier molecular flexibility index (Phi) is 3.95. The number of hydrogen-bond acceptors (Lipinski definition) is 3. The highest BCUT2D eigenvalue weighted by molar-refractivity contribution is 5.95. The van der Waals surface area contributed by atoms with E-state index in [9.17, 15) is 9.59 Å². The predicted molar refractivity (Wildman–Crippen MR) is 79.1 cm³/mol. The lowest BCUT2D eigenvalue weighted by molar-refractivity contribution is -0.144. The van der Waals surface area contributed by atoms with E-state index in [2.05, 4.69) is 6.07 Å². The molecule has 1 heterocycles. The summed E-state index contributed by atoms with van der Waals surface area (Å²) in [6.45, 7) is 1.11. The van der Waals surface area contributed by atoms with Gasteiger partial charge < -0.3 is 9.64 Å². The highest BCUT2D eigenvalue weighted by atomic mass is 16.5. The van der Waals surface area contributed by atoms with Crippen molar-refractivity contribution in [2.45, 2.75) is 32.1 Å². The number of likely N-dealkylation sites (tertiary alicyclic amines) is 1. The minimum Gasteiger partial charge on any atom is -0.469 e. The summed E-state index contributed by atoms with van der Waals surface area (Å²) in [5.41, 5.74) is 3.45. The number of carbonyl (C=O) groups is 2. The predicted octanol–water partition coefficient (Wildman–Crippen LogP) is 2.20. The van der Waals surface area contributed by atoms with Crippen LogP contribution in [0.25, 0.3) is 0 Å². The first-order chi connectivity index (χ1) is 10.2. The van der Waals surface area contributed by atoms with E-state index in [1.165, 1.54) is 31.1 Å². The van der Waals surface area contributed by atoms with E-state index in [4.69, 9.17) is 4.74 Å². The van der Waals surface area contributed by atoms with E-state index in [1.54, 1.807) is 4.90 Å². The molecule has 0 spiro atoms. The third-order valence-electron chi connectivity index (χ3n) is 4.61. The summed E-state index contributed by atoms with van der Waals surface area (Å²) in [5.74, 6) is -0.345. The number of ether oxygens (including phenoxy) is 1. The number of nitrogens with zero attached hydrogens (tertiary/aromatic N) is 1. The molecule has 1 fully saturated rings. The molecule has 0 N–H and O–H groups in total. The Morgan fingerprint density at radius 2 is 1.95 bits per heavy atom. The summed E-state index contributed by atoms with van der Waals surface area (Å²) in [5, 5.41) is 0. The van der Waals surface area contributed by atoms with Gasteiger partial charge in [0, 0.05) is 18.7 Å². The summed E-state index contributed by atoms with van der Waals surface area (Å²) >= 11 is 0. The van der Waals surface area contributed by atoms with Gasteiger partial charge in [-0.15, -0.1) is 0 Å². The third-order valence-corrected chi connectivity index (χ3v) is 4.61. The second-order valence-corrected chi connectivity index (χ2v) is 5.95. The lowest BCUT2D eigenvalue weighted by atomic mass is 9.90. The molecule has 1 atom stereocenters. The summed E-state index contributed by atoms with van der Waals surface area (Å²) in [6.07, 6.45) is 5.34. The minimum absolute atomic E-state index is 0.0368. The highest BCUT2D eigenvalue weighted by Gasteiger charge is 2.32. The molecular weight excluding hydrogens is 266 g/mol. The molecule has 1 saturated heterocycles. The van der Waals surface area contributed by atoms with Gasteiger partial charge in [0.25, 0.3) is 5.91 Å². The molecule has 1 aromatic carbocycles. The van der Waals surface area contributed by atoms with E-state index in [0.29, 0.717) is 19.5 Å². The van der Waals surface area contributed by atoms with Gasteiger partial charge >= 0.3 is 5.97 Å². The quantitative estimate of drug-likeness (QED) is 0.783. The summed E-state index contributed by atoms with van der Waals surface area (Å²) < 4.78 is 4.77. The van der Waals surface area contributed by atoms with Crippen LogP contribution in [-0.2, 0) is 22.4 Å². The lowest BCUT2D eigenvalue weighted by Crippen LogP contribution is -2.30. The van der Waals surface area contributed by atoms with Gasteiger partial charge in [0.15, 0.2) is 0 Å². The van der Waals surface area contributed by atoms with E-state index in [-0.39, 0.29) is 17.8 Å². The van der Waals surface area contributed by atoms with Crippen molar-refractivity contribution < 1.29 is 14.3 Å². The maximum atomic E-state index is 12.6. The van der Waals surface area contributed by atoms with Crippen LogP contribution in [0.5, 0.6) is 0 Å². The first kappa shape index (κ1) is 14.1. The maximum absolute atomic E-state index is 12.6. The van der Waals surface area contributed by atoms with Crippen molar-refractivity contribution in [3.05, 3.63) is 34.9 Å². The fourth-order valence-electron chi connectivity index (χ4n) is 3.35. The zero-order valence-electron chi connectivity index (χ0n) is 12.4. The molecule has 0 bridgehead atoms. The number of hydrogen-bond donors (Lipinski definition) is 0. The third kappa shape index (κ3) is 2.80. The molecule has 3 rings (SSSR count). The van der Waals surface area contributed by atoms with E-state index in [0.717, 1.165) is 18.4 Å². The van der Waals surface area contributed by atoms with E-state index < -0.39 is 0 Å². The van der Waals surface area contributed by atoms with Crippen LogP contribution in [0.4, 0.5) is 0 Å². The van der Waals surface area contributed by atoms with Crippen LogP contribution < -0.4 is 0 Å². The SMILES string of the molecule is COC(=O)C1CCN(C(=O)c2ccc3c(c2)CCCC3)C1. The van der Waals surface area contributed by atoms with Gasteiger partial charge in [-0.05, 0) is 55.4 Å². The first-order valence-corrected chi connectivity index (χ1v) is 7.68. The van der Waals surface area contributed by atoms with Crippen molar-refractivity contribution in [1.29, 1.82) is 0 Å². The van der Waals surface area contributed by atoms with Gasteiger partial charge in [0.05, 0.1) is 13.0 Å². The Labute approximate surface area is 125 Å². The number of amides is 1. The minimum atomic E-state index is -0.212. The Morgan fingerprint density at radius 1 is 1.19 bits per heavy atom. The molecular formula is C17H21NO3. The summed E-state index contributed by atoms with van der Waals surface area (Å²) in [6, 6.07) is 6.07. The molecule has 1 aromatic rings. The Bertz CT molecular complexity index is 567. The van der Waals surface area contributed by atoms with Crippen LogP contribution in [0.3, 0.4) is 0 Å². The number of esters is 1. The molecule has 1 unspecified atom stereocenters. The topological polar surface area (TPSA) is 46.6 Å². The fourth-order valence-corrected chi connectivity index (χ4v) is 3.35. The molecule has 1 aliphatic heterocycles. The van der Waals surface area contributed by atoms with Gasteiger partial charge in [0.1, 0.15) is 0 Å². The largest absolute Gasteiger partial charge is 0.469 e. The zero-order valence-corrected chi connectivity index (χ0v) is 12.4. The maximum Gasteiger partial charge on any atom is 0.310 e. The molecule has 4 nitrogen and oxygen atoms in total. The van der Waals surface area contributed by atoms with Crippen molar-refractivity contribution in [2.24, 2.45) is 5.92 Å². The molecule has 1 aliphatic carbocycles. The van der Waals surface area contributed by atoms with Gasteiger partial charge in [-0.1, -0.05) is 6.07 Å². The number of methoxy groups -OCH3 is 1. The normalized spacial score (nSPS) is 21.0. The summed E-state index contributed by atoms with van der Waals surface area (Å²) in [7, 11) is 1.40.